The summed E-state index contributed by atoms with van der Waals surface area (Å²) in [6.07, 6.45) is 0.852. The van der Waals surface area contributed by atoms with Gasteiger partial charge in [0.2, 0.25) is 0 Å². The Morgan fingerprint density at radius 2 is 1.90 bits per heavy atom. The van der Waals surface area contributed by atoms with Gasteiger partial charge in [0.25, 0.3) is 5.70 Å². The predicted molar refractivity (Wildman–Crippen MR) is 110 cm³/mol. The smallest absolute Gasteiger partial charge is 0.410 e. The number of halogens is 1. The fourth-order valence-corrected chi connectivity index (χ4v) is 2.44. The van der Waals surface area contributed by atoms with Gasteiger partial charge in [-0.3, -0.25) is 10.1 Å². The predicted octanol–water partition coefficient (Wildman–Crippen LogP) is 4.17. The second-order valence-corrected chi connectivity index (χ2v) is 7.32. The fourth-order valence-electron chi connectivity index (χ4n) is 2.44. The first-order chi connectivity index (χ1) is 13.5. The molecule has 0 unspecified atom stereocenters. The summed E-state index contributed by atoms with van der Waals surface area (Å²) in [5, 5.41) is 10.8. The van der Waals surface area contributed by atoms with E-state index in [4.69, 9.17) is 9.47 Å². The van der Waals surface area contributed by atoms with Crippen molar-refractivity contribution in [2.24, 2.45) is 0 Å². The van der Waals surface area contributed by atoms with Gasteiger partial charge in [-0.25, -0.2) is 9.18 Å². The summed E-state index contributed by atoms with van der Waals surface area (Å²) in [6, 6.07) is 3.11. The summed E-state index contributed by atoms with van der Waals surface area (Å²) < 4.78 is 25.3. The average molecular weight is 411 g/mol. The van der Waals surface area contributed by atoms with Crippen molar-refractivity contribution in [1.29, 1.82) is 0 Å². The molecule has 0 atom stereocenters. The molecule has 0 fully saturated rings. The Labute approximate surface area is 171 Å². The lowest BCUT2D eigenvalue weighted by Crippen LogP contribution is -2.38. The molecule has 1 aromatic rings. The number of likely N-dealkylation sites (N-methyl/N-ethyl adjacent to an activating group) is 2. The van der Waals surface area contributed by atoms with Crippen LogP contribution in [0.2, 0.25) is 0 Å². The molecule has 1 aliphatic heterocycles. The van der Waals surface area contributed by atoms with Gasteiger partial charge in [-0.1, -0.05) is 13.8 Å². The second kappa shape index (κ2) is 10.1. The number of fused-ring (bicyclic) bond motifs is 1. The van der Waals surface area contributed by atoms with Crippen molar-refractivity contribution in [3.05, 3.63) is 39.3 Å². The number of hydrogen-bond donors (Lipinski definition) is 0. The van der Waals surface area contributed by atoms with Gasteiger partial charge >= 0.3 is 6.09 Å². The Balaban J connectivity index is 0.00000204. The third-order valence-corrected chi connectivity index (χ3v) is 3.92. The molecule has 162 valence electrons. The van der Waals surface area contributed by atoms with Gasteiger partial charge in [-0.2, -0.15) is 0 Å². The van der Waals surface area contributed by atoms with Gasteiger partial charge < -0.3 is 19.3 Å². The van der Waals surface area contributed by atoms with E-state index in [1.807, 2.05) is 13.8 Å². The molecule has 0 spiro atoms. The lowest BCUT2D eigenvalue weighted by molar-refractivity contribution is -0.427. The summed E-state index contributed by atoms with van der Waals surface area (Å²) in [6.45, 7) is 9.76. The Morgan fingerprint density at radius 1 is 1.28 bits per heavy atom. The van der Waals surface area contributed by atoms with Gasteiger partial charge in [0.15, 0.2) is 18.2 Å². The maximum atomic E-state index is 14.8. The van der Waals surface area contributed by atoms with Crippen molar-refractivity contribution in [3.8, 4) is 5.75 Å². The maximum absolute atomic E-state index is 14.8. The van der Waals surface area contributed by atoms with Gasteiger partial charge in [0.1, 0.15) is 5.60 Å². The first-order valence-corrected chi connectivity index (χ1v) is 9.45. The number of benzene rings is 1. The largest absolute Gasteiger partial charge is 0.479 e. The van der Waals surface area contributed by atoms with Crippen molar-refractivity contribution in [2.75, 3.05) is 38.7 Å². The molecule has 0 radical (unpaired) electrons. The van der Waals surface area contributed by atoms with Crippen molar-refractivity contribution >= 4 is 17.9 Å². The lowest BCUT2D eigenvalue weighted by atomic mass is 10.1. The number of anilines is 1. The van der Waals surface area contributed by atoms with Crippen LogP contribution in [0.25, 0.3) is 6.08 Å². The highest BCUT2D eigenvalue weighted by Crippen LogP contribution is 2.35. The molecule has 1 aromatic carbocycles. The number of nitrogens with zero attached hydrogens (tertiary/aromatic N) is 3. The zero-order chi connectivity index (χ0) is 22.4. The van der Waals surface area contributed by atoms with E-state index < -0.39 is 22.4 Å². The zero-order valence-corrected chi connectivity index (χ0v) is 18.1. The molecule has 0 saturated carbocycles. The normalized spacial score (nSPS) is 12.5. The molecule has 0 bridgehead atoms. The van der Waals surface area contributed by atoms with Crippen LogP contribution in [-0.4, -0.2) is 55.3 Å². The lowest BCUT2D eigenvalue weighted by Gasteiger charge is -2.27. The summed E-state index contributed by atoms with van der Waals surface area (Å²) in [5.74, 6) is -0.598. The van der Waals surface area contributed by atoms with E-state index in [9.17, 15) is 19.3 Å². The number of nitro groups is 1. The number of amides is 1. The summed E-state index contributed by atoms with van der Waals surface area (Å²) in [5.41, 5.74) is -0.102. The Kier molecular flexibility index (Phi) is 8.42. The number of ether oxygens (including phenoxy) is 2. The molecule has 2 rings (SSSR count). The highest BCUT2D eigenvalue weighted by Gasteiger charge is 2.25. The summed E-state index contributed by atoms with van der Waals surface area (Å²) in [4.78, 5) is 25.3. The molecule has 0 saturated heterocycles. The maximum Gasteiger partial charge on any atom is 0.410 e. The van der Waals surface area contributed by atoms with E-state index in [1.165, 1.54) is 17.0 Å². The number of carbonyl (C=O) groups excluding carboxylic acids is 1. The standard InChI is InChI=1S/C18H24FN3O5.C2H6/c1-18(2,3)27-17(23)21(5)9-8-20(4)14-7-6-12-10-13(22(24)25)11-26-16(12)15(14)19;1-2/h6-7,10H,8-9,11H2,1-5H3;1-2H3. The molecule has 0 aromatic heterocycles. The SMILES string of the molecule is CC.CN(CCN(C)c1ccc2c(c1F)OCC([N+](=O)[O-])=C2)C(=O)OC(C)(C)C. The van der Waals surface area contributed by atoms with Gasteiger partial charge in [0, 0.05) is 38.8 Å². The van der Waals surface area contributed by atoms with Crippen LogP contribution in [0.3, 0.4) is 0 Å². The number of carbonyl (C=O) groups is 1. The van der Waals surface area contributed by atoms with Crippen LogP contribution in [0, 0.1) is 15.9 Å². The van der Waals surface area contributed by atoms with Crippen molar-refractivity contribution in [3.63, 3.8) is 0 Å². The molecule has 29 heavy (non-hydrogen) atoms. The van der Waals surface area contributed by atoms with Gasteiger partial charge in [-0.15, -0.1) is 0 Å². The van der Waals surface area contributed by atoms with E-state index in [2.05, 4.69) is 0 Å². The highest BCUT2D eigenvalue weighted by molar-refractivity contribution is 5.68. The molecule has 1 heterocycles. The van der Waals surface area contributed by atoms with Crippen LogP contribution in [0.15, 0.2) is 17.8 Å². The molecule has 9 heteroatoms. The van der Waals surface area contributed by atoms with E-state index in [0.717, 1.165) is 0 Å². The van der Waals surface area contributed by atoms with E-state index >= 15 is 0 Å². The zero-order valence-electron chi connectivity index (χ0n) is 18.1. The monoisotopic (exact) mass is 411 g/mol. The van der Waals surface area contributed by atoms with Crippen LogP contribution < -0.4 is 9.64 Å². The Bertz CT molecular complexity index is 774. The van der Waals surface area contributed by atoms with E-state index in [1.54, 1.807) is 45.8 Å². The topological polar surface area (TPSA) is 85.1 Å². The minimum atomic E-state index is -0.589. The second-order valence-electron chi connectivity index (χ2n) is 7.32. The van der Waals surface area contributed by atoms with Crippen LogP contribution in [0.5, 0.6) is 5.75 Å². The highest BCUT2D eigenvalue weighted by atomic mass is 19.1. The van der Waals surface area contributed by atoms with E-state index in [0.29, 0.717) is 18.7 Å². The first-order valence-electron chi connectivity index (χ1n) is 9.45. The van der Waals surface area contributed by atoms with Crippen molar-refractivity contribution in [1.82, 2.24) is 4.90 Å². The van der Waals surface area contributed by atoms with Crippen molar-refractivity contribution in [2.45, 2.75) is 40.2 Å². The molecular formula is C20H30FN3O5. The van der Waals surface area contributed by atoms with Crippen molar-refractivity contribution < 1.29 is 23.6 Å². The third-order valence-electron chi connectivity index (χ3n) is 3.92. The molecule has 8 nitrogen and oxygen atoms in total. The summed E-state index contributed by atoms with van der Waals surface area (Å²) in [7, 11) is 3.30. The number of hydrogen-bond acceptors (Lipinski definition) is 6. The van der Waals surface area contributed by atoms with Crippen LogP contribution in [-0.2, 0) is 4.74 Å². The molecule has 1 aliphatic rings. The fraction of sp³-hybridized carbons (Fsp3) is 0.550. The quantitative estimate of drug-likeness (QED) is 0.534. The van der Waals surface area contributed by atoms with Gasteiger partial charge in [0.05, 0.1) is 10.6 Å². The minimum absolute atomic E-state index is 0.00885. The molecule has 0 N–H and O–H groups in total. The minimum Gasteiger partial charge on any atom is -0.479 e. The Hall–Kier alpha value is -2.84. The first kappa shape index (κ1) is 24.2. The summed E-state index contributed by atoms with van der Waals surface area (Å²) >= 11 is 0. The average Bonchev–Trinajstić information content (AvgIpc) is 2.66. The van der Waals surface area contributed by atoms with Crippen LogP contribution >= 0.6 is 0 Å². The molecule has 0 aliphatic carbocycles. The molecular weight excluding hydrogens is 381 g/mol. The third kappa shape index (κ3) is 6.62. The Morgan fingerprint density at radius 3 is 2.45 bits per heavy atom. The van der Waals surface area contributed by atoms with E-state index in [-0.39, 0.29) is 23.7 Å². The van der Waals surface area contributed by atoms with Crippen LogP contribution in [0.1, 0.15) is 40.2 Å². The van der Waals surface area contributed by atoms with Gasteiger partial charge in [-0.05, 0) is 32.9 Å². The molecule has 1 amide bonds. The number of rotatable bonds is 5. The van der Waals surface area contributed by atoms with Crippen LogP contribution in [0.4, 0.5) is 14.9 Å².